The fourth-order valence-corrected chi connectivity index (χ4v) is 1.71. The lowest BCUT2D eigenvalue weighted by Gasteiger charge is -2.11. The van der Waals surface area contributed by atoms with Crippen molar-refractivity contribution < 1.29 is 13.2 Å². The molecule has 0 aliphatic heterocycles. The molecule has 0 saturated carbocycles. The van der Waals surface area contributed by atoms with Crippen LogP contribution in [0.25, 0.3) is 5.52 Å². The summed E-state index contributed by atoms with van der Waals surface area (Å²) in [6.07, 6.45) is 0.0920. The molecule has 0 aliphatic carbocycles. The maximum Gasteiger partial charge on any atom is 0.416 e. The van der Waals surface area contributed by atoms with Crippen LogP contribution in [0.2, 0.25) is 0 Å². The third-order valence-corrected chi connectivity index (χ3v) is 2.44. The lowest BCUT2D eigenvalue weighted by molar-refractivity contribution is -0.137. The number of hydrogen-bond donors (Lipinski definition) is 0. The van der Waals surface area contributed by atoms with Crippen molar-refractivity contribution in [1.82, 2.24) is 9.38 Å². The average molecular weight is 228 g/mol. The molecule has 2 nitrogen and oxygen atoms in total. The van der Waals surface area contributed by atoms with Crippen LogP contribution in [-0.4, -0.2) is 9.38 Å². The number of fused-ring (bicyclic) bond motifs is 1. The van der Waals surface area contributed by atoms with Gasteiger partial charge in [0.2, 0.25) is 0 Å². The van der Waals surface area contributed by atoms with Crippen molar-refractivity contribution in [2.45, 2.75) is 25.9 Å². The Hall–Kier alpha value is -1.52. The molecule has 0 spiro atoms. The molecule has 16 heavy (non-hydrogen) atoms. The molecule has 0 N–H and O–H groups in total. The van der Waals surface area contributed by atoms with Crippen LogP contribution < -0.4 is 0 Å². The second kappa shape index (κ2) is 3.81. The summed E-state index contributed by atoms with van der Waals surface area (Å²) in [4.78, 5) is 3.86. The van der Waals surface area contributed by atoms with Crippen LogP contribution in [0.4, 0.5) is 13.2 Å². The molecule has 2 aromatic rings. The van der Waals surface area contributed by atoms with Gasteiger partial charge in [-0.05, 0) is 18.6 Å². The highest BCUT2D eigenvalue weighted by Gasteiger charge is 2.31. The summed E-state index contributed by atoms with van der Waals surface area (Å²) in [7, 11) is 0. The standard InChI is InChI=1S/C11H11F3N2/c1-2-3-9-4-8(11(12,13)14)5-10-6-15-7-16(9)10/h4-7H,2-3H2,1H3. The van der Waals surface area contributed by atoms with Gasteiger partial charge in [0, 0.05) is 5.69 Å². The van der Waals surface area contributed by atoms with Gasteiger partial charge in [0.1, 0.15) is 0 Å². The van der Waals surface area contributed by atoms with E-state index in [2.05, 4.69) is 4.98 Å². The Morgan fingerprint density at radius 1 is 1.31 bits per heavy atom. The summed E-state index contributed by atoms with van der Waals surface area (Å²) < 4.78 is 39.5. The lowest BCUT2D eigenvalue weighted by Crippen LogP contribution is -2.08. The molecule has 2 heterocycles. The van der Waals surface area contributed by atoms with Crippen LogP contribution >= 0.6 is 0 Å². The van der Waals surface area contributed by atoms with Crippen LogP contribution in [-0.2, 0) is 12.6 Å². The van der Waals surface area contributed by atoms with Crippen molar-refractivity contribution in [3.63, 3.8) is 0 Å². The summed E-state index contributed by atoms with van der Waals surface area (Å²) in [6.45, 7) is 1.93. The van der Waals surface area contributed by atoms with Crippen molar-refractivity contribution in [1.29, 1.82) is 0 Å². The number of alkyl halides is 3. The van der Waals surface area contributed by atoms with Crippen LogP contribution in [0.1, 0.15) is 24.6 Å². The van der Waals surface area contributed by atoms with Gasteiger partial charge in [0.15, 0.2) is 0 Å². The quantitative estimate of drug-likeness (QED) is 0.770. The number of aryl methyl sites for hydroxylation is 1. The Morgan fingerprint density at radius 3 is 2.69 bits per heavy atom. The monoisotopic (exact) mass is 228 g/mol. The molecular weight excluding hydrogens is 217 g/mol. The third-order valence-electron chi connectivity index (χ3n) is 2.44. The second-order valence-corrected chi connectivity index (χ2v) is 3.67. The van der Waals surface area contributed by atoms with E-state index in [1.54, 1.807) is 10.7 Å². The fraction of sp³-hybridized carbons (Fsp3) is 0.364. The van der Waals surface area contributed by atoms with E-state index in [4.69, 9.17) is 0 Å². The molecule has 0 radical (unpaired) electrons. The van der Waals surface area contributed by atoms with Gasteiger partial charge in [-0.25, -0.2) is 4.98 Å². The number of aromatic nitrogens is 2. The van der Waals surface area contributed by atoms with Crippen molar-refractivity contribution in [2.75, 3.05) is 0 Å². The summed E-state index contributed by atoms with van der Waals surface area (Å²) in [5, 5.41) is 0. The van der Waals surface area contributed by atoms with E-state index < -0.39 is 11.7 Å². The Labute approximate surface area is 90.7 Å². The highest BCUT2D eigenvalue weighted by molar-refractivity contribution is 5.49. The number of nitrogens with zero attached hydrogens (tertiary/aromatic N) is 2. The fourth-order valence-electron chi connectivity index (χ4n) is 1.71. The lowest BCUT2D eigenvalue weighted by atomic mass is 10.1. The smallest absolute Gasteiger partial charge is 0.303 e. The van der Waals surface area contributed by atoms with Crippen molar-refractivity contribution in [3.05, 3.63) is 35.9 Å². The SMILES string of the molecule is CCCc1cc(C(F)(F)F)cc2cncn12. The zero-order valence-electron chi connectivity index (χ0n) is 8.75. The van der Waals surface area contributed by atoms with Gasteiger partial charge < -0.3 is 4.40 Å². The third kappa shape index (κ3) is 1.89. The average Bonchev–Trinajstić information content (AvgIpc) is 2.64. The predicted molar refractivity (Wildman–Crippen MR) is 54.2 cm³/mol. The number of hydrogen-bond acceptors (Lipinski definition) is 1. The summed E-state index contributed by atoms with van der Waals surface area (Å²) in [5.41, 5.74) is 0.520. The summed E-state index contributed by atoms with van der Waals surface area (Å²) in [6, 6.07) is 2.31. The van der Waals surface area contributed by atoms with Gasteiger partial charge in [-0.15, -0.1) is 0 Å². The van der Waals surface area contributed by atoms with Crippen LogP contribution in [0.3, 0.4) is 0 Å². The van der Waals surface area contributed by atoms with Crippen molar-refractivity contribution in [2.24, 2.45) is 0 Å². The number of imidazole rings is 1. The maximum absolute atomic E-state index is 12.6. The zero-order valence-corrected chi connectivity index (χ0v) is 8.75. The van der Waals surface area contributed by atoms with Gasteiger partial charge in [-0.2, -0.15) is 13.2 Å². The predicted octanol–water partition coefficient (Wildman–Crippen LogP) is 3.31. The molecular formula is C11H11F3N2. The first kappa shape index (κ1) is 11.0. The molecule has 0 bridgehead atoms. The Morgan fingerprint density at radius 2 is 2.06 bits per heavy atom. The summed E-state index contributed by atoms with van der Waals surface area (Å²) >= 11 is 0. The van der Waals surface area contributed by atoms with E-state index in [0.29, 0.717) is 17.6 Å². The van der Waals surface area contributed by atoms with Gasteiger partial charge in [-0.3, -0.25) is 0 Å². The molecule has 0 aromatic carbocycles. The summed E-state index contributed by atoms with van der Waals surface area (Å²) in [5.74, 6) is 0. The number of pyridine rings is 1. The maximum atomic E-state index is 12.6. The highest BCUT2D eigenvalue weighted by Crippen LogP contribution is 2.31. The van der Waals surface area contributed by atoms with Crippen LogP contribution in [0, 0.1) is 0 Å². The highest BCUT2D eigenvalue weighted by atomic mass is 19.4. The van der Waals surface area contributed by atoms with Crippen molar-refractivity contribution >= 4 is 5.52 Å². The molecule has 0 fully saturated rings. The van der Waals surface area contributed by atoms with Crippen LogP contribution in [0.15, 0.2) is 24.7 Å². The van der Waals surface area contributed by atoms with Gasteiger partial charge in [0.25, 0.3) is 0 Å². The molecule has 86 valence electrons. The van der Waals surface area contributed by atoms with Crippen molar-refractivity contribution in [3.8, 4) is 0 Å². The second-order valence-electron chi connectivity index (χ2n) is 3.67. The Balaban J connectivity index is 2.61. The molecule has 0 atom stereocenters. The van der Waals surface area contributed by atoms with E-state index >= 15 is 0 Å². The first-order chi connectivity index (χ1) is 7.52. The minimum Gasteiger partial charge on any atom is -0.303 e. The molecule has 0 saturated heterocycles. The van der Waals surface area contributed by atoms with E-state index in [1.807, 2.05) is 6.92 Å². The normalized spacial score (nSPS) is 12.2. The zero-order chi connectivity index (χ0) is 11.8. The van der Waals surface area contributed by atoms with Gasteiger partial charge in [0.05, 0.1) is 23.6 Å². The molecule has 2 aromatic heterocycles. The first-order valence-corrected chi connectivity index (χ1v) is 5.04. The minimum atomic E-state index is -4.30. The van der Waals surface area contributed by atoms with E-state index in [0.717, 1.165) is 12.5 Å². The van der Waals surface area contributed by atoms with Gasteiger partial charge in [-0.1, -0.05) is 13.3 Å². The Bertz CT molecular complexity index is 499. The molecule has 2 rings (SSSR count). The van der Waals surface area contributed by atoms with E-state index in [9.17, 15) is 13.2 Å². The van der Waals surface area contributed by atoms with Crippen LogP contribution in [0.5, 0.6) is 0 Å². The topological polar surface area (TPSA) is 17.3 Å². The number of halogens is 3. The molecule has 0 amide bonds. The minimum absolute atomic E-state index is 0.485. The van der Waals surface area contributed by atoms with Gasteiger partial charge >= 0.3 is 6.18 Å². The molecule has 0 unspecified atom stereocenters. The first-order valence-electron chi connectivity index (χ1n) is 5.04. The largest absolute Gasteiger partial charge is 0.416 e. The molecule has 0 aliphatic rings. The number of rotatable bonds is 2. The van der Waals surface area contributed by atoms with E-state index in [-0.39, 0.29) is 0 Å². The molecule has 5 heteroatoms. The Kier molecular flexibility index (Phi) is 2.61. The van der Waals surface area contributed by atoms with E-state index in [1.165, 1.54) is 12.3 Å².